The Bertz CT molecular complexity index is 743. The van der Waals surface area contributed by atoms with Crippen molar-refractivity contribution < 1.29 is 9.31 Å². The summed E-state index contributed by atoms with van der Waals surface area (Å²) in [6.45, 7) is 0.366. The first-order chi connectivity index (χ1) is 10.0. The average Bonchev–Trinajstić information content (AvgIpc) is 2.48. The second-order valence-corrected chi connectivity index (χ2v) is 5.06. The van der Waals surface area contributed by atoms with Crippen molar-refractivity contribution in [3.63, 3.8) is 0 Å². The molecule has 2 aromatic rings. The average molecular weight is 350 g/mol. The molecule has 0 aliphatic carbocycles. The van der Waals surface area contributed by atoms with Crippen molar-refractivity contribution >= 4 is 27.3 Å². The minimum absolute atomic E-state index is 0.137. The molecule has 2 aromatic carbocycles. The van der Waals surface area contributed by atoms with E-state index in [-0.39, 0.29) is 17.1 Å². The summed E-state index contributed by atoms with van der Waals surface area (Å²) in [4.78, 5) is 10.1. The van der Waals surface area contributed by atoms with Gasteiger partial charge in [-0.25, -0.2) is 4.39 Å². The van der Waals surface area contributed by atoms with E-state index in [1.54, 1.807) is 12.1 Å². The maximum absolute atomic E-state index is 13.1. The monoisotopic (exact) mass is 349 g/mol. The van der Waals surface area contributed by atoms with E-state index in [4.69, 9.17) is 5.26 Å². The van der Waals surface area contributed by atoms with E-state index in [9.17, 15) is 14.5 Å². The van der Waals surface area contributed by atoms with Crippen molar-refractivity contribution in [1.82, 2.24) is 0 Å². The number of hydrogen-bond acceptors (Lipinski definition) is 4. The van der Waals surface area contributed by atoms with Gasteiger partial charge in [0.25, 0.3) is 5.69 Å². The molecule has 0 radical (unpaired) electrons. The highest BCUT2D eigenvalue weighted by Gasteiger charge is 2.10. The zero-order valence-electron chi connectivity index (χ0n) is 10.6. The Morgan fingerprint density at radius 2 is 2.10 bits per heavy atom. The van der Waals surface area contributed by atoms with E-state index >= 15 is 0 Å². The third kappa shape index (κ3) is 3.55. The lowest BCUT2D eigenvalue weighted by Gasteiger charge is -2.08. The van der Waals surface area contributed by atoms with Crippen LogP contribution >= 0.6 is 15.9 Å². The maximum Gasteiger partial charge on any atom is 0.270 e. The van der Waals surface area contributed by atoms with Gasteiger partial charge in [-0.2, -0.15) is 5.26 Å². The van der Waals surface area contributed by atoms with Gasteiger partial charge in [0, 0.05) is 18.7 Å². The number of rotatable bonds is 4. The first-order valence-electron chi connectivity index (χ1n) is 5.87. The summed E-state index contributed by atoms with van der Waals surface area (Å²) >= 11 is 3.10. The highest BCUT2D eigenvalue weighted by atomic mass is 79.9. The number of halogens is 2. The first-order valence-corrected chi connectivity index (χ1v) is 6.67. The van der Waals surface area contributed by atoms with Crippen LogP contribution in [0.5, 0.6) is 0 Å². The minimum atomic E-state index is -0.554. The molecule has 1 N–H and O–H groups in total. The van der Waals surface area contributed by atoms with E-state index < -0.39 is 4.92 Å². The molecule has 0 spiro atoms. The third-order valence-corrected chi connectivity index (χ3v) is 3.41. The normalized spacial score (nSPS) is 9.95. The Hall–Kier alpha value is -2.46. The van der Waals surface area contributed by atoms with Gasteiger partial charge in [0.2, 0.25) is 0 Å². The lowest BCUT2D eigenvalue weighted by atomic mass is 10.1. The van der Waals surface area contributed by atoms with E-state index in [1.165, 1.54) is 24.3 Å². The van der Waals surface area contributed by atoms with Gasteiger partial charge < -0.3 is 5.32 Å². The van der Waals surface area contributed by atoms with Crippen molar-refractivity contribution in [2.24, 2.45) is 0 Å². The SMILES string of the molecule is N#Cc1cc([N+](=O)[O-])ccc1NCc1ccc(F)c(Br)c1. The zero-order valence-corrected chi connectivity index (χ0v) is 12.2. The molecule has 21 heavy (non-hydrogen) atoms. The highest BCUT2D eigenvalue weighted by molar-refractivity contribution is 9.10. The van der Waals surface area contributed by atoms with Gasteiger partial charge in [-0.05, 0) is 39.7 Å². The molecule has 0 saturated carbocycles. The molecular weight excluding hydrogens is 341 g/mol. The molecule has 0 atom stereocenters. The van der Waals surface area contributed by atoms with Crippen LogP contribution < -0.4 is 5.32 Å². The Morgan fingerprint density at radius 1 is 1.33 bits per heavy atom. The maximum atomic E-state index is 13.1. The van der Waals surface area contributed by atoms with Gasteiger partial charge in [0.1, 0.15) is 11.9 Å². The van der Waals surface area contributed by atoms with Crippen molar-refractivity contribution in [3.05, 3.63) is 67.9 Å². The molecule has 0 unspecified atom stereocenters. The number of anilines is 1. The zero-order chi connectivity index (χ0) is 15.4. The number of benzene rings is 2. The fraction of sp³-hybridized carbons (Fsp3) is 0.0714. The standard InChI is InChI=1S/C14H9BrFN3O2/c15-12-5-9(1-3-13(12)16)8-18-14-4-2-11(19(20)21)6-10(14)7-17/h1-6,18H,8H2. The molecule has 0 aliphatic rings. The summed E-state index contributed by atoms with van der Waals surface area (Å²) in [5.41, 5.74) is 1.35. The second-order valence-electron chi connectivity index (χ2n) is 4.20. The topological polar surface area (TPSA) is 79.0 Å². The first kappa shape index (κ1) is 14.9. The van der Waals surface area contributed by atoms with Crippen LogP contribution in [0.4, 0.5) is 15.8 Å². The van der Waals surface area contributed by atoms with E-state index in [1.807, 2.05) is 6.07 Å². The minimum Gasteiger partial charge on any atom is -0.380 e. The lowest BCUT2D eigenvalue weighted by Crippen LogP contribution is -2.02. The number of nitro groups is 1. The molecule has 0 aromatic heterocycles. The summed E-state index contributed by atoms with van der Waals surface area (Å²) in [5, 5.41) is 22.7. The molecule has 0 aliphatic heterocycles. The fourth-order valence-electron chi connectivity index (χ4n) is 1.74. The number of nitrogens with one attached hydrogen (secondary N) is 1. The predicted octanol–water partition coefficient (Wildman–Crippen LogP) is 3.98. The lowest BCUT2D eigenvalue weighted by molar-refractivity contribution is -0.384. The van der Waals surface area contributed by atoms with Crippen LogP contribution in [0, 0.1) is 27.3 Å². The van der Waals surface area contributed by atoms with Gasteiger partial charge in [-0.15, -0.1) is 0 Å². The highest BCUT2D eigenvalue weighted by Crippen LogP contribution is 2.23. The molecule has 5 nitrogen and oxygen atoms in total. The number of nitrogens with zero attached hydrogens (tertiary/aromatic N) is 2. The van der Waals surface area contributed by atoms with Crippen molar-refractivity contribution in [2.45, 2.75) is 6.54 Å². The summed E-state index contributed by atoms with van der Waals surface area (Å²) in [6, 6.07) is 10.5. The van der Waals surface area contributed by atoms with Crippen LogP contribution in [0.25, 0.3) is 0 Å². The molecule has 0 bridgehead atoms. The van der Waals surface area contributed by atoms with Crippen LogP contribution in [0.3, 0.4) is 0 Å². The molecule has 0 heterocycles. The van der Waals surface area contributed by atoms with Crippen LogP contribution in [0.15, 0.2) is 40.9 Å². The molecule has 7 heteroatoms. The van der Waals surface area contributed by atoms with Crippen molar-refractivity contribution in [3.8, 4) is 6.07 Å². The molecule has 0 amide bonds. The van der Waals surface area contributed by atoms with Gasteiger partial charge in [-0.3, -0.25) is 10.1 Å². The number of hydrogen-bond donors (Lipinski definition) is 1. The van der Waals surface area contributed by atoms with Gasteiger partial charge >= 0.3 is 0 Å². The summed E-state index contributed by atoms with van der Waals surface area (Å²) < 4.78 is 13.5. The Morgan fingerprint density at radius 3 is 2.71 bits per heavy atom. The van der Waals surface area contributed by atoms with E-state index in [0.29, 0.717) is 16.7 Å². The molecule has 2 rings (SSSR count). The quantitative estimate of drug-likeness (QED) is 0.668. The van der Waals surface area contributed by atoms with Crippen LogP contribution in [0.2, 0.25) is 0 Å². The van der Waals surface area contributed by atoms with Crippen molar-refractivity contribution in [2.75, 3.05) is 5.32 Å². The molecule has 0 saturated heterocycles. The smallest absolute Gasteiger partial charge is 0.270 e. The number of nitriles is 1. The largest absolute Gasteiger partial charge is 0.380 e. The van der Waals surface area contributed by atoms with Gasteiger partial charge in [0.05, 0.1) is 20.6 Å². The summed E-state index contributed by atoms with van der Waals surface area (Å²) in [7, 11) is 0. The van der Waals surface area contributed by atoms with Crippen molar-refractivity contribution in [1.29, 1.82) is 5.26 Å². The molecular formula is C14H9BrFN3O2. The number of non-ortho nitro benzene ring substituents is 1. The summed E-state index contributed by atoms with van der Waals surface area (Å²) in [6.07, 6.45) is 0. The number of nitro benzene ring substituents is 1. The van der Waals surface area contributed by atoms with Crippen LogP contribution in [-0.4, -0.2) is 4.92 Å². The molecule has 0 fully saturated rings. The third-order valence-electron chi connectivity index (χ3n) is 2.80. The predicted molar refractivity (Wildman–Crippen MR) is 79.2 cm³/mol. The van der Waals surface area contributed by atoms with E-state index in [0.717, 1.165) is 5.56 Å². The molecule has 106 valence electrons. The Labute approximate surface area is 128 Å². The Kier molecular flexibility index (Phi) is 4.50. The van der Waals surface area contributed by atoms with Gasteiger partial charge in [-0.1, -0.05) is 6.07 Å². The van der Waals surface area contributed by atoms with Crippen LogP contribution in [0.1, 0.15) is 11.1 Å². The van der Waals surface area contributed by atoms with E-state index in [2.05, 4.69) is 21.2 Å². The fourth-order valence-corrected chi connectivity index (χ4v) is 2.17. The van der Waals surface area contributed by atoms with Crippen LogP contribution in [-0.2, 0) is 6.54 Å². The Balaban J connectivity index is 2.18. The van der Waals surface area contributed by atoms with Gasteiger partial charge in [0.15, 0.2) is 0 Å². The summed E-state index contributed by atoms with van der Waals surface area (Å²) in [5.74, 6) is -0.355. The second kappa shape index (κ2) is 6.33.